The highest BCUT2D eigenvalue weighted by Gasteiger charge is 2.15. The first kappa shape index (κ1) is 17.5. The van der Waals surface area contributed by atoms with Crippen molar-refractivity contribution in [2.75, 3.05) is 32.9 Å². The van der Waals surface area contributed by atoms with Gasteiger partial charge in [0.05, 0.1) is 0 Å². The molecule has 3 nitrogen and oxygen atoms in total. The van der Waals surface area contributed by atoms with Crippen LogP contribution in [0.2, 0.25) is 0 Å². The first-order chi connectivity index (χ1) is 8.61. The number of nitrogens with one attached hydrogen (secondary N) is 1. The van der Waals surface area contributed by atoms with Gasteiger partial charge in [0.25, 0.3) is 0 Å². The number of hydrogen-bond acceptors (Lipinski definition) is 3. The number of amides is 1. The Hall–Kier alpha value is -0.480. The maximum Gasteiger partial charge on any atom is 0.223 e. The summed E-state index contributed by atoms with van der Waals surface area (Å²) in [5.41, 5.74) is 0. The first-order valence-electron chi connectivity index (χ1n) is 6.76. The van der Waals surface area contributed by atoms with E-state index in [1.54, 1.807) is 0 Å². The maximum atomic E-state index is 12.0. The molecule has 18 heavy (non-hydrogen) atoms. The summed E-state index contributed by atoms with van der Waals surface area (Å²) < 4.78 is 0. The average molecular weight is 272 g/mol. The molecule has 1 unspecified atom stereocenters. The third-order valence-corrected chi connectivity index (χ3v) is 3.18. The van der Waals surface area contributed by atoms with Gasteiger partial charge < -0.3 is 10.2 Å². The lowest BCUT2D eigenvalue weighted by molar-refractivity contribution is -0.125. The second-order valence-electron chi connectivity index (χ2n) is 4.89. The van der Waals surface area contributed by atoms with Crippen LogP contribution in [0.3, 0.4) is 0 Å². The molecule has 0 spiro atoms. The zero-order chi connectivity index (χ0) is 13.8. The van der Waals surface area contributed by atoms with Crippen LogP contribution >= 0.6 is 12.6 Å². The van der Waals surface area contributed by atoms with Gasteiger partial charge in [-0.05, 0) is 52.1 Å². The molecule has 0 aromatic carbocycles. The zero-order valence-electron chi connectivity index (χ0n) is 11.8. The van der Waals surface area contributed by atoms with Gasteiger partial charge >= 0.3 is 0 Å². The van der Waals surface area contributed by atoms with E-state index in [1.165, 1.54) is 0 Å². The van der Waals surface area contributed by atoms with Crippen LogP contribution in [0, 0.1) is 5.92 Å². The summed E-state index contributed by atoms with van der Waals surface area (Å²) in [5.74, 6) is 1.15. The Morgan fingerprint density at radius 3 is 2.67 bits per heavy atom. The molecule has 0 saturated carbocycles. The molecule has 0 aliphatic carbocycles. The summed E-state index contributed by atoms with van der Waals surface area (Å²) in [6.07, 6.45) is 6.68. The highest BCUT2D eigenvalue weighted by Crippen LogP contribution is 2.14. The normalized spacial score (nSPS) is 12.4. The lowest BCUT2D eigenvalue weighted by atomic mass is 9.97. The van der Waals surface area contributed by atoms with Crippen molar-refractivity contribution in [3.05, 3.63) is 12.7 Å². The van der Waals surface area contributed by atoms with E-state index in [1.807, 2.05) is 20.2 Å². The van der Waals surface area contributed by atoms with Crippen LogP contribution in [0.5, 0.6) is 0 Å². The van der Waals surface area contributed by atoms with E-state index in [2.05, 4.69) is 29.4 Å². The number of allylic oxidation sites excluding steroid dienone is 1. The summed E-state index contributed by atoms with van der Waals surface area (Å²) in [4.78, 5) is 14.1. The molecule has 1 amide bonds. The van der Waals surface area contributed by atoms with Gasteiger partial charge in [0.1, 0.15) is 0 Å². The molecule has 106 valence electrons. The van der Waals surface area contributed by atoms with Gasteiger partial charge in [-0.2, -0.15) is 12.6 Å². The highest BCUT2D eigenvalue weighted by atomic mass is 32.1. The fourth-order valence-electron chi connectivity index (χ4n) is 1.81. The summed E-state index contributed by atoms with van der Waals surface area (Å²) >= 11 is 4.19. The SMILES string of the molecule is C=CCC(CCCCS)C(=O)NCCCN(C)C. The van der Waals surface area contributed by atoms with E-state index in [-0.39, 0.29) is 11.8 Å². The Morgan fingerprint density at radius 2 is 2.11 bits per heavy atom. The van der Waals surface area contributed by atoms with Crippen LogP contribution in [0.25, 0.3) is 0 Å². The zero-order valence-corrected chi connectivity index (χ0v) is 12.7. The molecule has 0 saturated heterocycles. The van der Waals surface area contributed by atoms with Gasteiger partial charge in [0.2, 0.25) is 5.91 Å². The van der Waals surface area contributed by atoms with E-state index in [0.29, 0.717) is 0 Å². The quantitative estimate of drug-likeness (QED) is 0.344. The Labute approximate surface area is 117 Å². The van der Waals surface area contributed by atoms with Crippen molar-refractivity contribution < 1.29 is 4.79 Å². The molecular formula is C14H28N2OS. The van der Waals surface area contributed by atoms with Crippen molar-refractivity contribution in [2.45, 2.75) is 32.1 Å². The number of unbranched alkanes of at least 4 members (excludes halogenated alkanes) is 1. The third kappa shape index (κ3) is 9.54. The summed E-state index contributed by atoms with van der Waals surface area (Å²) in [5, 5.41) is 3.02. The van der Waals surface area contributed by atoms with Crippen molar-refractivity contribution in [1.29, 1.82) is 0 Å². The summed E-state index contributed by atoms with van der Waals surface area (Å²) in [6.45, 7) is 5.50. The molecule has 0 fully saturated rings. The number of hydrogen-bond donors (Lipinski definition) is 2. The van der Waals surface area contributed by atoms with Crippen LogP contribution in [0.15, 0.2) is 12.7 Å². The number of thiol groups is 1. The number of carbonyl (C=O) groups is 1. The van der Waals surface area contributed by atoms with E-state index in [9.17, 15) is 4.79 Å². The van der Waals surface area contributed by atoms with Crippen LogP contribution in [0.1, 0.15) is 32.1 Å². The summed E-state index contributed by atoms with van der Waals surface area (Å²) in [6, 6.07) is 0. The lowest BCUT2D eigenvalue weighted by Crippen LogP contribution is -2.32. The van der Waals surface area contributed by atoms with Crippen molar-refractivity contribution in [2.24, 2.45) is 5.92 Å². The van der Waals surface area contributed by atoms with Gasteiger partial charge in [-0.25, -0.2) is 0 Å². The second-order valence-corrected chi connectivity index (χ2v) is 5.34. The van der Waals surface area contributed by atoms with Crippen LogP contribution in [-0.2, 0) is 4.79 Å². The van der Waals surface area contributed by atoms with Gasteiger partial charge in [0, 0.05) is 12.5 Å². The molecule has 0 aliphatic rings. The maximum absolute atomic E-state index is 12.0. The largest absolute Gasteiger partial charge is 0.356 e. The predicted molar refractivity (Wildman–Crippen MR) is 82.2 cm³/mol. The topological polar surface area (TPSA) is 32.3 Å². The number of rotatable bonds is 11. The molecule has 0 radical (unpaired) electrons. The Morgan fingerprint density at radius 1 is 1.39 bits per heavy atom. The van der Waals surface area contributed by atoms with E-state index >= 15 is 0 Å². The van der Waals surface area contributed by atoms with Gasteiger partial charge in [-0.15, -0.1) is 6.58 Å². The minimum Gasteiger partial charge on any atom is -0.356 e. The van der Waals surface area contributed by atoms with E-state index in [4.69, 9.17) is 0 Å². The molecule has 0 rings (SSSR count). The van der Waals surface area contributed by atoms with E-state index < -0.39 is 0 Å². The minimum absolute atomic E-state index is 0.0849. The molecular weight excluding hydrogens is 244 g/mol. The lowest BCUT2D eigenvalue weighted by Gasteiger charge is -2.15. The molecule has 0 aliphatic heterocycles. The van der Waals surface area contributed by atoms with Crippen LogP contribution in [0.4, 0.5) is 0 Å². The van der Waals surface area contributed by atoms with Crippen molar-refractivity contribution in [3.63, 3.8) is 0 Å². The highest BCUT2D eigenvalue weighted by molar-refractivity contribution is 7.80. The fourth-order valence-corrected chi connectivity index (χ4v) is 2.03. The Kier molecular flexibility index (Phi) is 11.3. The Balaban J connectivity index is 3.86. The third-order valence-electron chi connectivity index (χ3n) is 2.86. The molecule has 0 aromatic heterocycles. The molecule has 1 N–H and O–H groups in total. The van der Waals surface area contributed by atoms with Crippen molar-refractivity contribution in [3.8, 4) is 0 Å². The van der Waals surface area contributed by atoms with E-state index in [0.717, 1.165) is 50.9 Å². The van der Waals surface area contributed by atoms with Crippen LogP contribution in [-0.4, -0.2) is 43.7 Å². The van der Waals surface area contributed by atoms with Crippen molar-refractivity contribution in [1.82, 2.24) is 10.2 Å². The smallest absolute Gasteiger partial charge is 0.223 e. The molecule has 0 aromatic rings. The van der Waals surface area contributed by atoms with Gasteiger partial charge in [-0.3, -0.25) is 4.79 Å². The monoisotopic (exact) mass is 272 g/mol. The first-order valence-corrected chi connectivity index (χ1v) is 7.39. The summed E-state index contributed by atoms with van der Waals surface area (Å²) in [7, 11) is 4.08. The molecule has 1 atom stereocenters. The van der Waals surface area contributed by atoms with Crippen molar-refractivity contribution >= 4 is 18.5 Å². The number of nitrogens with zero attached hydrogens (tertiary/aromatic N) is 1. The van der Waals surface area contributed by atoms with Gasteiger partial charge in [0.15, 0.2) is 0 Å². The predicted octanol–water partition coefficient (Wildman–Crippen LogP) is 2.35. The molecule has 0 heterocycles. The molecule has 4 heteroatoms. The average Bonchev–Trinajstić information content (AvgIpc) is 2.33. The number of carbonyl (C=O) groups excluding carboxylic acids is 1. The minimum atomic E-state index is 0.0849. The fraction of sp³-hybridized carbons (Fsp3) is 0.786. The standard InChI is InChI=1S/C14H28N2OS/c1-4-8-13(9-5-6-12-18)14(17)15-10-7-11-16(2)3/h4,13,18H,1,5-12H2,2-3H3,(H,15,17). The Bertz CT molecular complexity index is 232. The van der Waals surface area contributed by atoms with Crippen LogP contribution < -0.4 is 5.32 Å². The van der Waals surface area contributed by atoms with Gasteiger partial charge in [-0.1, -0.05) is 12.5 Å². The molecule has 0 bridgehead atoms. The second kappa shape index (κ2) is 11.6.